The second kappa shape index (κ2) is 6.67. The summed E-state index contributed by atoms with van der Waals surface area (Å²) in [6.45, 7) is 3.28. The highest BCUT2D eigenvalue weighted by Crippen LogP contribution is 2.32. The van der Waals surface area contributed by atoms with Gasteiger partial charge in [-0.25, -0.2) is 0 Å². The normalized spacial score (nSPS) is 24.1. The van der Waals surface area contributed by atoms with Crippen LogP contribution in [0.2, 0.25) is 5.02 Å². The zero-order valence-corrected chi connectivity index (χ0v) is 11.9. The van der Waals surface area contributed by atoms with Gasteiger partial charge in [0.1, 0.15) is 0 Å². The minimum Gasteiger partial charge on any atom is -0.313 e. The minimum absolute atomic E-state index is 0.720. The van der Waals surface area contributed by atoms with E-state index in [0.29, 0.717) is 0 Å². The van der Waals surface area contributed by atoms with Gasteiger partial charge in [-0.2, -0.15) is 11.8 Å². The first-order chi connectivity index (χ1) is 8.29. The number of hydrogen-bond acceptors (Lipinski definition) is 2. The Morgan fingerprint density at radius 2 is 2.06 bits per heavy atom. The zero-order chi connectivity index (χ0) is 12.1. The molecule has 1 aliphatic rings. The third-order valence-corrected chi connectivity index (χ3v) is 5.04. The van der Waals surface area contributed by atoms with Gasteiger partial charge in [-0.3, -0.25) is 0 Å². The SMILES string of the molecule is CCNC1CCCC1SCc1ccc(Cl)cc1. The van der Waals surface area contributed by atoms with Crippen molar-refractivity contribution in [3.05, 3.63) is 34.9 Å². The highest BCUT2D eigenvalue weighted by molar-refractivity contribution is 7.99. The predicted molar refractivity (Wildman–Crippen MR) is 77.9 cm³/mol. The van der Waals surface area contributed by atoms with Crippen LogP contribution in [0.4, 0.5) is 0 Å². The molecule has 1 N–H and O–H groups in total. The molecule has 94 valence electrons. The summed E-state index contributed by atoms with van der Waals surface area (Å²) in [5.74, 6) is 1.10. The number of benzene rings is 1. The first-order valence-corrected chi connectivity index (χ1v) is 7.81. The van der Waals surface area contributed by atoms with E-state index >= 15 is 0 Å². The fraction of sp³-hybridized carbons (Fsp3) is 0.571. The van der Waals surface area contributed by atoms with Crippen LogP contribution in [0.15, 0.2) is 24.3 Å². The van der Waals surface area contributed by atoms with Crippen LogP contribution in [0.25, 0.3) is 0 Å². The molecular weight excluding hydrogens is 250 g/mol. The van der Waals surface area contributed by atoms with Gasteiger partial charge in [0.05, 0.1) is 0 Å². The Hall–Kier alpha value is -0.180. The monoisotopic (exact) mass is 269 g/mol. The standard InChI is InChI=1S/C14H20ClNS/c1-2-16-13-4-3-5-14(13)17-10-11-6-8-12(15)9-7-11/h6-9,13-14,16H,2-5,10H2,1H3. The fourth-order valence-electron chi connectivity index (χ4n) is 2.41. The maximum atomic E-state index is 5.89. The Morgan fingerprint density at radius 3 is 2.76 bits per heavy atom. The van der Waals surface area contributed by atoms with Crippen LogP contribution >= 0.6 is 23.4 Å². The number of hydrogen-bond donors (Lipinski definition) is 1. The van der Waals surface area contributed by atoms with Gasteiger partial charge in [-0.15, -0.1) is 0 Å². The summed E-state index contributed by atoms with van der Waals surface area (Å²) in [6, 6.07) is 8.94. The van der Waals surface area contributed by atoms with Crippen molar-refractivity contribution < 1.29 is 0 Å². The Kier molecular flexibility index (Phi) is 5.20. The minimum atomic E-state index is 0.720. The highest BCUT2D eigenvalue weighted by atomic mass is 35.5. The molecule has 17 heavy (non-hydrogen) atoms. The molecule has 1 saturated carbocycles. The molecular formula is C14H20ClNS. The molecule has 0 saturated heterocycles. The van der Waals surface area contributed by atoms with E-state index in [9.17, 15) is 0 Å². The molecule has 2 unspecified atom stereocenters. The molecule has 2 atom stereocenters. The summed E-state index contributed by atoms with van der Waals surface area (Å²) in [5.41, 5.74) is 1.38. The molecule has 0 aliphatic heterocycles. The summed E-state index contributed by atoms with van der Waals surface area (Å²) >= 11 is 7.97. The predicted octanol–water partition coefficient (Wildman–Crippen LogP) is 4.10. The van der Waals surface area contributed by atoms with Crippen LogP contribution in [0, 0.1) is 0 Å². The summed E-state index contributed by atoms with van der Waals surface area (Å²) in [5, 5.41) is 5.21. The van der Waals surface area contributed by atoms with E-state index in [4.69, 9.17) is 11.6 Å². The molecule has 0 spiro atoms. The molecule has 1 aliphatic carbocycles. The van der Waals surface area contributed by atoms with E-state index in [2.05, 4.69) is 36.1 Å². The Balaban J connectivity index is 1.83. The largest absolute Gasteiger partial charge is 0.313 e. The lowest BCUT2D eigenvalue weighted by atomic mass is 10.2. The molecule has 0 aromatic heterocycles. The summed E-state index contributed by atoms with van der Waals surface area (Å²) < 4.78 is 0. The fourth-order valence-corrected chi connectivity index (χ4v) is 3.93. The summed E-state index contributed by atoms with van der Waals surface area (Å²) in [6.07, 6.45) is 4.07. The van der Waals surface area contributed by atoms with Gasteiger partial charge >= 0.3 is 0 Å². The lowest BCUT2D eigenvalue weighted by Gasteiger charge is -2.19. The molecule has 0 bridgehead atoms. The van der Waals surface area contributed by atoms with Crippen molar-refractivity contribution in [1.29, 1.82) is 0 Å². The first kappa shape index (κ1) is 13.3. The maximum Gasteiger partial charge on any atom is 0.0406 e. The second-order valence-electron chi connectivity index (χ2n) is 4.57. The molecule has 1 nitrogen and oxygen atoms in total. The van der Waals surface area contributed by atoms with Gasteiger partial charge in [0.25, 0.3) is 0 Å². The van der Waals surface area contributed by atoms with Crippen LogP contribution in [0.3, 0.4) is 0 Å². The number of thioether (sulfide) groups is 1. The number of halogens is 1. The quantitative estimate of drug-likeness (QED) is 0.864. The van der Waals surface area contributed by atoms with Crippen LogP contribution < -0.4 is 5.32 Å². The molecule has 0 amide bonds. The number of nitrogens with one attached hydrogen (secondary N) is 1. The number of rotatable bonds is 5. The van der Waals surface area contributed by atoms with E-state index in [1.54, 1.807) is 0 Å². The van der Waals surface area contributed by atoms with E-state index in [1.807, 2.05) is 12.1 Å². The van der Waals surface area contributed by atoms with Crippen LogP contribution in [0.1, 0.15) is 31.7 Å². The van der Waals surface area contributed by atoms with Gasteiger partial charge in [-0.1, -0.05) is 37.1 Å². The average Bonchev–Trinajstić information content (AvgIpc) is 2.77. The Morgan fingerprint density at radius 1 is 1.29 bits per heavy atom. The van der Waals surface area contributed by atoms with Crippen molar-refractivity contribution >= 4 is 23.4 Å². The van der Waals surface area contributed by atoms with Gasteiger partial charge < -0.3 is 5.32 Å². The van der Waals surface area contributed by atoms with Crippen molar-refractivity contribution in [2.24, 2.45) is 0 Å². The Bertz CT molecular complexity index is 339. The van der Waals surface area contributed by atoms with Gasteiger partial charge in [0.15, 0.2) is 0 Å². The lowest BCUT2D eigenvalue weighted by molar-refractivity contribution is 0.551. The van der Waals surface area contributed by atoms with Crippen molar-refractivity contribution in [2.75, 3.05) is 6.54 Å². The molecule has 3 heteroatoms. The van der Waals surface area contributed by atoms with Crippen molar-refractivity contribution in [3.63, 3.8) is 0 Å². The highest BCUT2D eigenvalue weighted by Gasteiger charge is 2.26. The third-order valence-electron chi connectivity index (χ3n) is 3.30. The Labute approximate surface area is 113 Å². The lowest BCUT2D eigenvalue weighted by Crippen LogP contribution is -2.33. The van der Waals surface area contributed by atoms with Gasteiger partial charge in [0, 0.05) is 22.1 Å². The van der Waals surface area contributed by atoms with Crippen molar-refractivity contribution in [3.8, 4) is 0 Å². The maximum absolute atomic E-state index is 5.89. The molecule has 2 rings (SSSR count). The molecule has 1 aromatic carbocycles. The van der Waals surface area contributed by atoms with Crippen LogP contribution in [-0.2, 0) is 5.75 Å². The summed E-state index contributed by atoms with van der Waals surface area (Å²) in [4.78, 5) is 0. The topological polar surface area (TPSA) is 12.0 Å². The average molecular weight is 270 g/mol. The smallest absolute Gasteiger partial charge is 0.0406 e. The molecule has 0 radical (unpaired) electrons. The van der Waals surface area contributed by atoms with Crippen LogP contribution in [-0.4, -0.2) is 17.8 Å². The zero-order valence-electron chi connectivity index (χ0n) is 10.3. The van der Waals surface area contributed by atoms with E-state index in [1.165, 1.54) is 24.8 Å². The molecule has 1 fully saturated rings. The van der Waals surface area contributed by atoms with E-state index < -0.39 is 0 Å². The second-order valence-corrected chi connectivity index (χ2v) is 6.23. The first-order valence-electron chi connectivity index (χ1n) is 6.39. The van der Waals surface area contributed by atoms with Gasteiger partial charge in [-0.05, 0) is 37.1 Å². The van der Waals surface area contributed by atoms with Crippen LogP contribution in [0.5, 0.6) is 0 Å². The summed E-state index contributed by atoms with van der Waals surface area (Å²) in [7, 11) is 0. The molecule has 0 heterocycles. The molecule has 1 aromatic rings. The van der Waals surface area contributed by atoms with Crippen molar-refractivity contribution in [2.45, 2.75) is 43.2 Å². The van der Waals surface area contributed by atoms with Crippen molar-refractivity contribution in [1.82, 2.24) is 5.32 Å². The van der Waals surface area contributed by atoms with Gasteiger partial charge in [0.2, 0.25) is 0 Å². The third kappa shape index (κ3) is 3.90. The van der Waals surface area contributed by atoms with E-state index in [-0.39, 0.29) is 0 Å². The van der Waals surface area contributed by atoms with E-state index in [0.717, 1.165) is 28.6 Å².